The van der Waals surface area contributed by atoms with Crippen molar-refractivity contribution in [1.29, 1.82) is 0 Å². The van der Waals surface area contributed by atoms with E-state index in [0.29, 0.717) is 5.92 Å². The van der Waals surface area contributed by atoms with Crippen molar-refractivity contribution in [3.8, 4) is 0 Å². The minimum absolute atomic E-state index is 0.688. The van der Waals surface area contributed by atoms with Gasteiger partial charge in [0.05, 0.1) is 5.52 Å². The van der Waals surface area contributed by atoms with Gasteiger partial charge in [-0.2, -0.15) is 0 Å². The number of aromatic nitrogens is 3. The Kier molecular flexibility index (Phi) is 4.75. The third-order valence-electron chi connectivity index (χ3n) is 3.86. The highest BCUT2D eigenvalue weighted by Gasteiger charge is 2.12. The van der Waals surface area contributed by atoms with Gasteiger partial charge in [-0.1, -0.05) is 33.1 Å². The molecule has 0 spiro atoms. The number of nitrogens with zero attached hydrogens (tertiary/aromatic N) is 2. The largest absolute Gasteiger partial charge is 0.329 e. The van der Waals surface area contributed by atoms with Crippen LogP contribution in [-0.4, -0.2) is 14.5 Å². The SMILES string of the molecule is CCCCC(CC)Cn1c(=S)[nH]c2c(C)ccnc21. The summed E-state index contributed by atoms with van der Waals surface area (Å²) < 4.78 is 2.97. The maximum Gasteiger partial charge on any atom is 0.179 e. The standard InChI is InChI=1S/C15H23N3S/c1-4-6-7-12(5-2)10-18-14-13(17-15(18)19)11(3)8-9-16-14/h8-9,12H,4-7,10H2,1-3H3,(H,17,19). The maximum absolute atomic E-state index is 5.46. The first-order valence-corrected chi connectivity index (χ1v) is 7.62. The number of hydrogen-bond acceptors (Lipinski definition) is 2. The van der Waals surface area contributed by atoms with E-state index in [2.05, 4.69) is 35.3 Å². The smallest absolute Gasteiger partial charge is 0.179 e. The number of fused-ring (bicyclic) bond motifs is 1. The summed E-state index contributed by atoms with van der Waals surface area (Å²) in [6.07, 6.45) is 6.88. The molecule has 1 unspecified atom stereocenters. The monoisotopic (exact) mass is 277 g/mol. The zero-order valence-corrected chi connectivity index (χ0v) is 12.9. The van der Waals surface area contributed by atoms with Gasteiger partial charge >= 0.3 is 0 Å². The van der Waals surface area contributed by atoms with Crippen LogP contribution in [0.2, 0.25) is 0 Å². The Morgan fingerprint density at radius 1 is 1.42 bits per heavy atom. The zero-order valence-electron chi connectivity index (χ0n) is 12.1. The van der Waals surface area contributed by atoms with E-state index < -0.39 is 0 Å². The second-order valence-electron chi connectivity index (χ2n) is 5.28. The third kappa shape index (κ3) is 3.06. The van der Waals surface area contributed by atoms with E-state index in [1.165, 1.54) is 31.2 Å². The number of imidazole rings is 1. The summed E-state index contributed by atoms with van der Waals surface area (Å²) in [5, 5.41) is 0. The second kappa shape index (κ2) is 6.33. The molecule has 2 heterocycles. The molecular weight excluding hydrogens is 254 g/mol. The zero-order chi connectivity index (χ0) is 13.8. The summed E-state index contributed by atoms with van der Waals surface area (Å²) in [5.74, 6) is 0.688. The maximum atomic E-state index is 5.46. The average Bonchev–Trinajstić information content (AvgIpc) is 2.72. The Labute approximate surface area is 120 Å². The minimum atomic E-state index is 0.688. The lowest BCUT2D eigenvalue weighted by atomic mass is 9.99. The van der Waals surface area contributed by atoms with Crippen LogP contribution in [0.1, 0.15) is 45.1 Å². The van der Waals surface area contributed by atoms with Crippen LogP contribution in [0, 0.1) is 17.6 Å². The number of aromatic amines is 1. The number of hydrogen-bond donors (Lipinski definition) is 1. The van der Waals surface area contributed by atoms with Crippen molar-refractivity contribution in [2.75, 3.05) is 0 Å². The van der Waals surface area contributed by atoms with E-state index in [9.17, 15) is 0 Å². The van der Waals surface area contributed by atoms with Gasteiger partial charge in [-0.25, -0.2) is 4.98 Å². The summed E-state index contributed by atoms with van der Waals surface area (Å²) >= 11 is 5.46. The van der Waals surface area contributed by atoms with Gasteiger partial charge in [-0.3, -0.25) is 0 Å². The fourth-order valence-electron chi connectivity index (χ4n) is 2.52. The van der Waals surface area contributed by atoms with Crippen LogP contribution in [-0.2, 0) is 6.54 Å². The summed E-state index contributed by atoms with van der Waals surface area (Å²) in [4.78, 5) is 7.79. The number of nitrogens with one attached hydrogen (secondary N) is 1. The molecule has 4 heteroatoms. The average molecular weight is 277 g/mol. The molecule has 0 bridgehead atoms. The molecule has 0 aromatic carbocycles. The first-order chi connectivity index (χ1) is 9.17. The molecule has 1 atom stereocenters. The van der Waals surface area contributed by atoms with Crippen LogP contribution in [0.4, 0.5) is 0 Å². The van der Waals surface area contributed by atoms with Crippen molar-refractivity contribution in [2.24, 2.45) is 5.92 Å². The Balaban J connectivity index is 2.31. The van der Waals surface area contributed by atoms with Crippen molar-refractivity contribution in [3.05, 3.63) is 22.6 Å². The first kappa shape index (κ1) is 14.3. The highest BCUT2D eigenvalue weighted by molar-refractivity contribution is 7.71. The van der Waals surface area contributed by atoms with Crippen molar-refractivity contribution in [2.45, 2.75) is 53.0 Å². The van der Waals surface area contributed by atoms with Gasteiger partial charge in [-0.15, -0.1) is 0 Å². The van der Waals surface area contributed by atoms with Crippen LogP contribution in [0.25, 0.3) is 11.2 Å². The summed E-state index contributed by atoms with van der Waals surface area (Å²) in [6.45, 7) is 7.58. The molecule has 2 aromatic heterocycles. The molecule has 2 aromatic rings. The van der Waals surface area contributed by atoms with Crippen LogP contribution >= 0.6 is 12.2 Å². The number of rotatable bonds is 6. The highest BCUT2D eigenvalue weighted by Crippen LogP contribution is 2.20. The predicted molar refractivity (Wildman–Crippen MR) is 83.0 cm³/mol. The van der Waals surface area contributed by atoms with Crippen LogP contribution < -0.4 is 0 Å². The Morgan fingerprint density at radius 3 is 2.89 bits per heavy atom. The molecule has 3 nitrogen and oxygen atoms in total. The van der Waals surface area contributed by atoms with E-state index in [4.69, 9.17) is 12.2 Å². The first-order valence-electron chi connectivity index (χ1n) is 7.21. The molecule has 0 fully saturated rings. The van der Waals surface area contributed by atoms with E-state index in [-0.39, 0.29) is 0 Å². The summed E-state index contributed by atoms with van der Waals surface area (Å²) in [6, 6.07) is 2.02. The topological polar surface area (TPSA) is 33.6 Å². The molecule has 0 aliphatic carbocycles. The quantitative estimate of drug-likeness (QED) is 0.782. The van der Waals surface area contributed by atoms with Gasteiger partial charge in [0.1, 0.15) is 0 Å². The van der Waals surface area contributed by atoms with Gasteiger partial charge in [0, 0.05) is 12.7 Å². The lowest BCUT2D eigenvalue weighted by Gasteiger charge is -2.15. The normalized spacial score (nSPS) is 13.0. The molecule has 0 radical (unpaired) electrons. The fourth-order valence-corrected chi connectivity index (χ4v) is 2.78. The van der Waals surface area contributed by atoms with Crippen molar-refractivity contribution in [3.63, 3.8) is 0 Å². The van der Waals surface area contributed by atoms with Crippen molar-refractivity contribution < 1.29 is 0 Å². The van der Waals surface area contributed by atoms with E-state index in [1.54, 1.807) is 0 Å². The molecule has 0 saturated heterocycles. The van der Waals surface area contributed by atoms with Crippen LogP contribution in [0.5, 0.6) is 0 Å². The van der Waals surface area contributed by atoms with Crippen LogP contribution in [0.3, 0.4) is 0 Å². The molecule has 0 saturated carbocycles. The Bertz CT molecular complexity index is 597. The van der Waals surface area contributed by atoms with Gasteiger partial charge < -0.3 is 9.55 Å². The van der Waals surface area contributed by atoms with Gasteiger partial charge in [0.2, 0.25) is 0 Å². The number of pyridine rings is 1. The molecule has 19 heavy (non-hydrogen) atoms. The minimum Gasteiger partial charge on any atom is -0.329 e. The Hall–Kier alpha value is -1.16. The molecule has 0 aliphatic rings. The van der Waals surface area contributed by atoms with E-state index in [1.807, 2.05) is 12.3 Å². The summed E-state index contributed by atoms with van der Waals surface area (Å²) in [7, 11) is 0. The lowest BCUT2D eigenvalue weighted by molar-refractivity contribution is 0.392. The van der Waals surface area contributed by atoms with Crippen molar-refractivity contribution in [1.82, 2.24) is 14.5 Å². The Morgan fingerprint density at radius 2 is 2.21 bits per heavy atom. The second-order valence-corrected chi connectivity index (χ2v) is 5.67. The third-order valence-corrected chi connectivity index (χ3v) is 4.18. The van der Waals surface area contributed by atoms with Gasteiger partial charge in [0.15, 0.2) is 10.4 Å². The van der Waals surface area contributed by atoms with Gasteiger partial charge in [-0.05, 0) is 43.1 Å². The van der Waals surface area contributed by atoms with Gasteiger partial charge in [0.25, 0.3) is 0 Å². The fraction of sp³-hybridized carbons (Fsp3) is 0.600. The molecular formula is C15H23N3S. The van der Waals surface area contributed by atoms with Crippen LogP contribution in [0.15, 0.2) is 12.3 Å². The lowest BCUT2D eigenvalue weighted by Crippen LogP contribution is -2.10. The predicted octanol–water partition coefficient (Wildman–Crippen LogP) is 4.62. The van der Waals surface area contributed by atoms with Crippen molar-refractivity contribution >= 4 is 23.4 Å². The molecule has 0 aliphatic heterocycles. The molecule has 0 amide bonds. The highest BCUT2D eigenvalue weighted by atomic mass is 32.1. The number of H-pyrrole nitrogens is 1. The number of aryl methyl sites for hydroxylation is 1. The molecule has 104 valence electrons. The summed E-state index contributed by atoms with van der Waals surface area (Å²) in [5.41, 5.74) is 3.29. The molecule has 1 N–H and O–H groups in total. The molecule has 2 rings (SSSR count). The van der Waals surface area contributed by atoms with E-state index in [0.717, 1.165) is 22.5 Å². The number of unbranched alkanes of at least 4 members (excludes halogenated alkanes) is 1. The van der Waals surface area contributed by atoms with E-state index >= 15 is 0 Å².